The predicted octanol–water partition coefficient (Wildman–Crippen LogP) is 2.03. The first-order chi connectivity index (χ1) is 11.5. The molecule has 0 unspecified atom stereocenters. The first-order valence-electron chi connectivity index (χ1n) is 8.01. The molecule has 1 fully saturated rings. The van der Waals surface area contributed by atoms with E-state index in [-0.39, 0.29) is 17.8 Å². The summed E-state index contributed by atoms with van der Waals surface area (Å²) in [5, 5.41) is 0. The van der Waals surface area contributed by atoms with Crippen molar-refractivity contribution < 1.29 is 19.1 Å². The number of aryl methyl sites for hydroxylation is 1. The third-order valence-electron chi connectivity index (χ3n) is 3.83. The molecule has 2 rings (SSSR count). The van der Waals surface area contributed by atoms with E-state index in [1.165, 1.54) is 12.2 Å². The van der Waals surface area contributed by atoms with Gasteiger partial charge in [0.05, 0.1) is 6.61 Å². The molecule has 0 atom stereocenters. The van der Waals surface area contributed by atoms with E-state index in [4.69, 9.17) is 4.74 Å². The fourth-order valence-corrected chi connectivity index (χ4v) is 2.39. The highest BCUT2D eigenvalue weighted by Gasteiger charge is 2.23. The van der Waals surface area contributed by atoms with E-state index in [1.807, 2.05) is 19.1 Å². The van der Waals surface area contributed by atoms with Crippen molar-refractivity contribution in [2.75, 3.05) is 32.8 Å². The Labute approximate surface area is 141 Å². The molecule has 0 N–H and O–H groups in total. The summed E-state index contributed by atoms with van der Waals surface area (Å²) < 4.78 is 4.94. The Kier molecular flexibility index (Phi) is 6.12. The van der Waals surface area contributed by atoms with Crippen molar-refractivity contribution >= 4 is 17.8 Å². The van der Waals surface area contributed by atoms with Gasteiger partial charge in [-0.25, -0.2) is 4.79 Å². The molecular weight excluding hydrogens is 308 g/mol. The Bertz CT molecular complexity index is 629. The molecule has 1 aliphatic rings. The van der Waals surface area contributed by atoms with Crippen LogP contribution >= 0.6 is 0 Å². The van der Waals surface area contributed by atoms with E-state index >= 15 is 0 Å². The molecule has 0 bridgehead atoms. The minimum Gasteiger partial charge on any atom is -0.450 e. The zero-order valence-corrected chi connectivity index (χ0v) is 14.0. The lowest BCUT2D eigenvalue weighted by Crippen LogP contribution is -2.50. The minimum atomic E-state index is -0.352. The molecule has 0 aromatic heterocycles. The Morgan fingerprint density at radius 1 is 1.00 bits per heavy atom. The summed E-state index contributed by atoms with van der Waals surface area (Å²) in [6.45, 7) is 5.77. The topological polar surface area (TPSA) is 66.9 Å². The van der Waals surface area contributed by atoms with E-state index in [9.17, 15) is 14.4 Å². The van der Waals surface area contributed by atoms with Crippen LogP contribution in [0, 0.1) is 6.92 Å². The summed E-state index contributed by atoms with van der Waals surface area (Å²) in [6.07, 6.45) is 2.24. The van der Waals surface area contributed by atoms with Crippen molar-refractivity contribution in [2.24, 2.45) is 0 Å². The van der Waals surface area contributed by atoms with Gasteiger partial charge in [-0.3, -0.25) is 9.59 Å². The number of benzene rings is 1. The lowest BCUT2D eigenvalue weighted by Gasteiger charge is -2.33. The van der Waals surface area contributed by atoms with Crippen LogP contribution in [0.5, 0.6) is 0 Å². The number of hydrogen-bond acceptors (Lipinski definition) is 4. The molecule has 0 saturated carbocycles. The number of carbonyl (C=O) groups excluding carboxylic acids is 3. The van der Waals surface area contributed by atoms with Gasteiger partial charge in [0.25, 0.3) is 0 Å². The maximum absolute atomic E-state index is 12.1. The normalized spacial score (nSPS) is 14.8. The van der Waals surface area contributed by atoms with Crippen LogP contribution in [0.25, 0.3) is 0 Å². The maximum atomic E-state index is 12.1. The van der Waals surface area contributed by atoms with Gasteiger partial charge in [-0.05, 0) is 19.9 Å². The SMILES string of the molecule is CCOC(=O)N1CCN(C(=O)C=CC(=O)c2ccc(C)cc2)CC1. The molecule has 1 aromatic rings. The van der Waals surface area contributed by atoms with Crippen molar-refractivity contribution in [1.29, 1.82) is 0 Å². The highest BCUT2D eigenvalue weighted by Crippen LogP contribution is 2.07. The zero-order chi connectivity index (χ0) is 17.5. The number of rotatable bonds is 4. The van der Waals surface area contributed by atoms with Gasteiger partial charge in [0, 0.05) is 37.8 Å². The van der Waals surface area contributed by atoms with Crippen LogP contribution in [-0.2, 0) is 9.53 Å². The summed E-state index contributed by atoms with van der Waals surface area (Å²) in [6, 6.07) is 7.20. The lowest BCUT2D eigenvalue weighted by molar-refractivity contribution is -0.127. The van der Waals surface area contributed by atoms with Crippen LogP contribution in [0.15, 0.2) is 36.4 Å². The molecule has 1 aliphatic heterocycles. The average molecular weight is 330 g/mol. The van der Waals surface area contributed by atoms with Crippen molar-refractivity contribution in [3.63, 3.8) is 0 Å². The van der Waals surface area contributed by atoms with Gasteiger partial charge in [-0.15, -0.1) is 0 Å². The van der Waals surface area contributed by atoms with E-state index in [0.717, 1.165) is 5.56 Å². The zero-order valence-electron chi connectivity index (χ0n) is 14.0. The molecule has 1 heterocycles. The monoisotopic (exact) mass is 330 g/mol. The van der Waals surface area contributed by atoms with E-state index < -0.39 is 0 Å². The van der Waals surface area contributed by atoms with E-state index in [0.29, 0.717) is 38.3 Å². The van der Waals surface area contributed by atoms with Crippen molar-refractivity contribution in [3.05, 3.63) is 47.5 Å². The fraction of sp³-hybridized carbons (Fsp3) is 0.389. The molecule has 6 heteroatoms. The van der Waals surface area contributed by atoms with Crippen molar-refractivity contribution in [3.8, 4) is 0 Å². The third-order valence-corrected chi connectivity index (χ3v) is 3.83. The van der Waals surface area contributed by atoms with E-state index in [2.05, 4.69) is 0 Å². The number of hydrogen-bond donors (Lipinski definition) is 0. The Hall–Kier alpha value is -2.63. The molecule has 128 valence electrons. The van der Waals surface area contributed by atoms with Gasteiger partial charge in [0.2, 0.25) is 5.91 Å². The summed E-state index contributed by atoms with van der Waals surface area (Å²) in [4.78, 5) is 39.0. The van der Waals surface area contributed by atoms with Gasteiger partial charge in [-0.1, -0.05) is 29.8 Å². The first kappa shape index (κ1) is 17.7. The van der Waals surface area contributed by atoms with Crippen LogP contribution in [-0.4, -0.2) is 60.4 Å². The van der Waals surface area contributed by atoms with Gasteiger partial charge in [0.1, 0.15) is 0 Å². The van der Waals surface area contributed by atoms with Crippen LogP contribution in [0.1, 0.15) is 22.8 Å². The number of amides is 2. The van der Waals surface area contributed by atoms with Gasteiger partial charge in [-0.2, -0.15) is 0 Å². The highest BCUT2D eigenvalue weighted by molar-refractivity contribution is 6.07. The molecular formula is C18H22N2O4. The third kappa shape index (κ3) is 4.68. The smallest absolute Gasteiger partial charge is 0.409 e. The molecule has 2 amide bonds. The number of nitrogens with zero attached hydrogens (tertiary/aromatic N) is 2. The molecule has 1 aromatic carbocycles. The van der Waals surface area contributed by atoms with Crippen LogP contribution < -0.4 is 0 Å². The number of ketones is 1. The van der Waals surface area contributed by atoms with Crippen molar-refractivity contribution in [2.45, 2.75) is 13.8 Å². The quantitative estimate of drug-likeness (QED) is 0.626. The van der Waals surface area contributed by atoms with Crippen LogP contribution in [0.4, 0.5) is 4.79 Å². The Balaban J connectivity index is 1.86. The standard InChI is InChI=1S/C18H22N2O4/c1-3-24-18(23)20-12-10-19(11-13-20)17(22)9-8-16(21)15-6-4-14(2)5-7-15/h4-9H,3,10-13H2,1-2H3. The second kappa shape index (κ2) is 8.29. The summed E-state index contributed by atoms with van der Waals surface area (Å²) >= 11 is 0. The maximum Gasteiger partial charge on any atom is 0.409 e. The molecule has 24 heavy (non-hydrogen) atoms. The molecule has 6 nitrogen and oxygen atoms in total. The van der Waals surface area contributed by atoms with Crippen molar-refractivity contribution in [1.82, 2.24) is 9.80 Å². The van der Waals surface area contributed by atoms with Gasteiger partial charge >= 0.3 is 6.09 Å². The van der Waals surface area contributed by atoms with Crippen LogP contribution in [0.3, 0.4) is 0 Å². The Morgan fingerprint density at radius 3 is 2.17 bits per heavy atom. The first-order valence-corrected chi connectivity index (χ1v) is 8.01. The molecule has 1 saturated heterocycles. The molecule has 0 radical (unpaired) electrons. The average Bonchev–Trinajstić information content (AvgIpc) is 2.60. The highest BCUT2D eigenvalue weighted by atomic mass is 16.6. The number of ether oxygens (including phenoxy) is 1. The largest absolute Gasteiger partial charge is 0.450 e. The predicted molar refractivity (Wildman–Crippen MR) is 89.8 cm³/mol. The summed E-state index contributed by atoms with van der Waals surface area (Å²) in [5.41, 5.74) is 1.63. The van der Waals surface area contributed by atoms with Crippen LogP contribution in [0.2, 0.25) is 0 Å². The molecule has 0 spiro atoms. The number of carbonyl (C=O) groups is 3. The lowest BCUT2D eigenvalue weighted by atomic mass is 10.1. The summed E-state index contributed by atoms with van der Waals surface area (Å²) in [7, 11) is 0. The number of allylic oxidation sites excluding steroid dienone is 1. The second-order valence-electron chi connectivity index (χ2n) is 5.57. The van der Waals surface area contributed by atoms with E-state index in [1.54, 1.807) is 28.9 Å². The summed E-state index contributed by atoms with van der Waals surface area (Å²) in [5.74, 6) is -0.424. The second-order valence-corrected chi connectivity index (χ2v) is 5.57. The number of piperazine rings is 1. The minimum absolute atomic E-state index is 0.200. The van der Waals surface area contributed by atoms with Gasteiger partial charge in [0.15, 0.2) is 5.78 Å². The van der Waals surface area contributed by atoms with Gasteiger partial charge < -0.3 is 14.5 Å². The molecule has 0 aliphatic carbocycles. The fourth-order valence-electron chi connectivity index (χ4n) is 2.39. The Morgan fingerprint density at radius 2 is 1.58 bits per heavy atom.